The Hall–Kier alpha value is -1.85. The molecule has 0 N–H and O–H groups in total. The van der Waals surface area contributed by atoms with Crippen molar-refractivity contribution in [2.24, 2.45) is 0 Å². The van der Waals surface area contributed by atoms with Gasteiger partial charge in [-0.05, 0) is 44.9 Å². The first-order chi connectivity index (χ1) is 41.0. The normalized spacial score (nSPS) is 12.0. The summed E-state index contributed by atoms with van der Waals surface area (Å²) in [5.41, 5.74) is 0. The molecule has 0 fully saturated rings. The van der Waals surface area contributed by atoms with E-state index in [1.807, 2.05) is 0 Å². The van der Waals surface area contributed by atoms with Crippen LogP contribution in [0.1, 0.15) is 445 Å². The van der Waals surface area contributed by atoms with Crippen LogP contribution in [0.4, 0.5) is 0 Å². The molecule has 0 heterocycles. The van der Waals surface area contributed by atoms with Gasteiger partial charge < -0.3 is 14.2 Å². The Morgan fingerprint density at radius 2 is 0.398 bits per heavy atom. The molecule has 0 aromatic rings. The van der Waals surface area contributed by atoms with Crippen LogP contribution in [0.2, 0.25) is 0 Å². The van der Waals surface area contributed by atoms with Crippen LogP contribution in [0.5, 0.6) is 0 Å². The first-order valence-electron chi connectivity index (χ1n) is 38.2. The number of ether oxygens (including phenoxy) is 3. The van der Waals surface area contributed by atoms with Crippen molar-refractivity contribution in [1.82, 2.24) is 0 Å². The largest absolute Gasteiger partial charge is 0.462 e. The van der Waals surface area contributed by atoms with E-state index in [1.165, 1.54) is 340 Å². The fourth-order valence-corrected chi connectivity index (χ4v) is 12.0. The van der Waals surface area contributed by atoms with Crippen molar-refractivity contribution in [3.63, 3.8) is 0 Å². The summed E-state index contributed by atoms with van der Waals surface area (Å²) in [5, 5.41) is 0. The van der Waals surface area contributed by atoms with Gasteiger partial charge in [0.2, 0.25) is 0 Å². The van der Waals surface area contributed by atoms with Crippen molar-refractivity contribution in [1.29, 1.82) is 0 Å². The van der Waals surface area contributed by atoms with Crippen LogP contribution in [0, 0.1) is 0 Å². The van der Waals surface area contributed by atoms with E-state index in [4.69, 9.17) is 14.2 Å². The van der Waals surface area contributed by atoms with Crippen molar-refractivity contribution in [2.75, 3.05) is 13.2 Å². The van der Waals surface area contributed by atoms with E-state index in [9.17, 15) is 14.4 Å². The second kappa shape index (κ2) is 72.6. The molecule has 0 spiro atoms. The number of carbonyl (C=O) groups excluding carboxylic acids is 3. The van der Waals surface area contributed by atoms with Crippen LogP contribution in [0.3, 0.4) is 0 Å². The average molecular weight is 1170 g/mol. The van der Waals surface area contributed by atoms with Crippen LogP contribution >= 0.6 is 0 Å². The minimum Gasteiger partial charge on any atom is -0.462 e. The van der Waals surface area contributed by atoms with E-state index < -0.39 is 6.10 Å². The van der Waals surface area contributed by atoms with Crippen LogP contribution in [-0.4, -0.2) is 37.2 Å². The summed E-state index contributed by atoms with van der Waals surface area (Å²) in [4.78, 5) is 38.4. The highest BCUT2D eigenvalue weighted by atomic mass is 16.6. The van der Waals surface area contributed by atoms with Gasteiger partial charge in [-0.2, -0.15) is 0 Å². The summed E-state index contributed by atoms with van der Waals surface area (Å²) in [5.74, 6) is -0.838. The van der Waals surface area contributed by atoms with Crippen molar-refractivity contribution >= 4 is 17.9 Å². The van der Waals surface area contributed by atoms with Gasteiger partial charge in [0.05, 0.1) is 0 Å². The summed E-state index contributed by atoms with van der Waals surface area (Å²) in [7, 11) is 0. The molecular weight excluding hydrogens is 1020 g/mol. The zero-order valence-corrected chi connectivity index (χ0v) is 56.8. The lowest BCUT2D eigenvalue weighted by Crippen LogP contribution is -2.30. The lowest BCUT2D eigenvalue weighted by Gasteiger charge is -2.18. The maximum atomic E-state index is 13.0. The summed E-state index contributed by atoms with van der Waals surface area (Å²) in [6, 6.07) is 0. The number of esters is 3. The molecule has 1 unspecified atom stereocenters. The molecule has 492 valence electrons. The van der Waals surface area contributed by atoms with E-state index in [0.29, 0.717) is 19.3 Å². The highest BCUT2D eigenvalue weighted by Crippen LogP contribution is 2.20. The van der Waals surface area contributed by atoms with E-state index in [1.54, 1.807) is 0 Å². The molecule has 0 aliphatic rings. The van der Waals surface area contributed by atoms with Crippen molar-refractivity contribution in [2.45, 2.75) is 451 Å². The summed E-state index contributed by atoms with van der Waals surface area (Å²) >= 11 is 0. The second-order valence-electron chi connectivity index (χ2n) is 26.3. The molecule has 0 saturated heterocycles. The van der Waals surface area contributed by atoms with E-state index in [0.717, 1.165) is 64.2 Å². The third-order valence-corrected chi connectivity index (χ3v) is 17.8. The maximum Gasteiger partial charge on any atom is 0.306 e. The van der Waals surface area contributed by atoms with Crippen LogP contribution in [0.15, 0.2) is 12.2 Å². The Morgan fingerprint density at radius 1 is 0.229 bits per heavy atom. The van der Waals surface area contributed by atoms with Crippen LogP contribution in [0.25, 0.3) is 0 Å². The number of allylic oxidation sites excluding steroid dienone is 2. The molecule has 0 aromatic heterocycles. The Bertz CT molecular complexity index is 1300. The van der Waals surface area contributed by atoms with Gasteiger partial charge in [0.1, 0.15) is 13.2 Å². The molecule has 6 heteroatoms. The van der Waals surface area contributed by atoms with Gasteiger partial charge in [-0.3, -0.25) is 14.4 Å². The SMILES string of the molecule is CCCCCC/C=C\CCCCCCCC(=O)OCC(COC(=O)CCCCCCCCCCCCCCCCCCCCCCCCCCCCCCCCCCC)OC(=O)CCCCCCCCCCCCCCCCCCCCC. The fourth-order valence-electron chi connectivity index (χ4n) is 12.0. The predicted molar refractivity (Wildman–Crippen MR) is 363 cm³/mol. The van der Waals surface area contributed by atoms with Gasteiger partial charge in [0.15, 0.2) is 6.10 Å². The Labute approximate surface area is 520 Å². The van der Waals surface area contributed by atoms with Gasteiger partial charge in [0.25, 0.3) is 0 Å². The van der Waals surface area contributed by atoms with Crippen molar-refractivity contribution in [3.8, 4) is 0 Å². The molecule has 0 saturated carbocycles. The van der Waals surface area contributed by atoms with Crippen molar-refractivity contribution < 1.29 is 28.6 Å². The fraction of sp³-hybridized carbons (Fsp3) is 0.935. The molecule has 0 rings (SSSR count). The number of hydrogen-bond acceptors (Lipinski definition) is 6. The lowest BCUT2D eigenvalue weighted by molar-refractivity contribution is -0.167. The zero-order valence-electron chi connectivity index (χ0n) is 56.8. The minimum atomic E-state index is -0.770. The quantitative estimate of drug-likeness (QED) is 0.0261. The molecule has 0 aliphatic heterocycles. The monoisotopic (exact) mass is 1170 g/mol. The molecule has 0 aromatic carbocycles. The molecule has 0 radical (unpaired) electrons. The maximum absolute atomic E-state index is 13.0. The third-order valence-electron chi connectivity index (χ3n) is 17.8. The topological polar surface area (TPSA) is 78.9 Å². The molecule has 1 atom stereocenters. The number of hydrogen-bond donors (Lipinski definition) is 0. The minimum absolute atomic E-state index is 0.0656. The summed E-state index contributed by atoms with van der Waals surface area (Å²) in [6.07, 6.45) is 88.5. The summed E-state index contributed by atoms with van der Waals surface area (Å²) < 4.78 is 17.0. The van der Waals surface area contributed by atoms with Crippen molar-refractivity contribution in [3.05, 3.63) is 12.2 Å². The first kappa shape index (κ1) is 81.2. The summed E-state index contributed by atoms with van der Waals surface area (Å²) in [6.45, 7) is 6.72. The Balaban J connectivity index is 4.08. The van der Waals surface area contributed by atoms with Gasteiger partial charge >= 0.3 is 17.9 Å². The van der Waals surface area contributed by atoms with Gasteiger partial charge in [-0.15, -0.1) is 0 Å². The Kier molecular flexibility index (Phi) is 71.0. The average Bonchev–Trinajstić information content (AvgIpc) is 3.49. The van der Waals surface area contributed by atoms with Crippen LogP contribution < -0.4 is 0 Å². The molecule has 83 heavy (non-hydrogen) atoms. The highest BCUT2D eigenvalue weighted by Gasteiger charge is 2.20. The number of unbranched alkanes of at least 4 members (excludes halogenated alkanes) is 59. The third kappa shape index (κ3) is 70.8. The van der Waals surface area contributed by atoms with Gasteiger partial charge in [-0.1, -0.05) is 392 Å². The zero-order chi connectivity index (χ0) is 59.9. The molecule has 6 nitrogen and oxygen atoms in total. The van der Waals surface area contributed by atoms with Gasteiger partial charge in [0, 0.05) is 19.3 Å². The van der Waals surface area contributed by atoms with Crippen LogP contribution in [-0.2, 0) is 28.6 Å². The number of rotatable bonds is 72. The number of carbonyl (C=O) groups is 3. The molecular formula is C77H148O6. The first-order valence-corrected chi connectivity index (χ1v) is 38.2. The second-order valence-corrected chi connectivity index (χ2v) is 26.3. The molecule has 0 amide bonds. The van der Waals surface area contributed by atoms with E-state index >= 15 is 0 Å². The standard InChI is InChI=1S/C77H148O6/c1-4-7-10-13-16-19-22-25-27-29-31-32-33-34-35-36-37-38-39-40-41-42-43-44-46-47-49-52-55-58-61-64-67-70-76(79)82-73-74(72-81-75(78)69-66-63-60-57-54-51-24-21-18-15-12-9-6-3)83-77(80)71-68-65-62-59-56-53-50-48-45-30-28-26-23-20-17-14-11-8-5-2/h21,24,74H,4-20,22-23,25-73H2,1-3H3/b24-21-. The van der Waals surface area contributed by atoms with Gasteiger partial charge in [-0.25, -0.2) is 0 Å². The molecule has 0 bridgehead atoms. The lowest BCUT2D eigenvalue weighted by atomic mass is 10.0. The Morgan fingerprint density at radius 3 is 0.614 bits per heavy atom. The smallest absolute Gasteiger partial charge is 0.306 e. The molecule has 0 aliphatic carbocycles. The van der Waals surface area contributed by atoms with E-state index in [2.05, 4.69) is 32.9 Å². The highest BCUT2D eigenvalue weighted by molar-refractivity contribution is 5.71. The predicted octanol–water partition coefficient (Wildman–Crippen LogP) is 26.3. The van der Waals surface area contributed by atoms with E-state index in [-0.39, 0.29) is 31.1 Å².